The van der Waals surface area contributed by atoms with Gasteiger partial charge in [0.05, 0.1) is 6.20 Å². The molecule has 31 heavy (non-hydrogen) atoms. The highest BCUT2D eigenvalue weighted by atomic mass is 19.4. The number of anilines is 2. The summed E-state index contributed by atoms with van der Waals surface area (Å²) in [5.41, 5.74) is 1.30. The molecule has 0 bridgehead atoms. The van der Waals surface area contributed by atoms with Crippen LogP contribution in [-0.2, 0) is 0 Å². The van der Waals surface area contributed by atoms with E-state index in [1.165, 1.54) is 15.6 Å². The zero-order valence-corrected chi connectivity index (χ0v) is 16.7. The number of aryl methyl sites for hydroxylation is 1. The van der Waals surface area contributed by atoms with Gasteiger partial charge < -0.3 is 5.32 Å². The van der Waals surface area contributed by atoms with Crippen LogP contribution in [0.5, 0.6) is 0 Å². The number of halogens is 3. The fourth-order valence-electron chi connectivity index (χ4n) is 3.35. The second-order valence-corrected chi connectivity index (χ2v) is 7.21. The number of urea groups is 1. The summed E-state index contributed by atoms with van der Waals surface area (Å²) in [6, 6.07) is 8.50. The summed E-state index contributed by atoms with van der Waals surface area (Å²) in [7, 11) is 0. The molecule has 0 unspecified atom stereocenters. The number of rotatable bonds is 4. The molecule has 3 amide bonds. The zero-order chi connectivity index (χ0) is 22.3. The summed E-state index contributed by atoms with van der Waals surface area (Å²) in [4.78, 5) is 32.8. The van der Waals surface area contributed by atoms with Gasteiger partial charge in [0.2, 0.25) is 0 Å². The third-order valence-corrected chi connectivity index (χ3v) is 5.07. The molecule has 1 aliphatic heterocycles. The maximum absolute atomic E-state index is 13.0. The van der Waals surface area contributed by atoms with Crippen LogP contribution in [-0.4, -0.2) is 51.8 Å². The molecule has 0 saturated carbocycles. The molecular weight excluding hydrogens is 413 g/mol. The first-order valence-corrected chi connectivity index (χ1v) is 9.54. The quantitative estimate of drug-likeness (QED) is 0.687. The van der Waals surface area contributed by atoms with Crippen molar-refractivity contribution in [3.8, 4) is 0 Å². The highest BCUT2D eigenvalue weighted by Gasteiger charge is 2.38. The maximum atomic E-state index is 13.0. The standard InChI is InChI=1S/C20H19F3N6O2/c1-12-10-16(28-9-8-27(19(28)31)14-6-4-3-5-7-14)26-17-15(11-24-29(12)17)18(30)25-13(2)20(21,22)23/h3-7,10-11,13H,8-9H2,1-2H3,(H,25,30)/t13-/m1/s1. The Kier molecular flexibility index (Phi) is 5.03. The van der Waals surface area contributed by atoms with Crippen molar-refractivity contribution in [3.63, 3.8) is 0 Å². The topological polar surface area (TPSA) is 82.8 Å². The van der Waals surface area contributed by atoms with Gasteiger partial charge in [-0.05, 0) is 26.0 Å². The lowest BCUT2D eigenvalue weighted by Crippen LogP contribution is -2.43. The molecule has 11 heteroatoms. The molecule has 0 radical (unpaired) electrons. The molecule has 4 rings (SSSR count). The molecule has 0 spiro atoms. The minimum atomic E-state index is -4.57. The number of hydrogen-bond acceptors (Lipinski definition) is 4. The Morgan fingerprint density at radius 1 is 1.16 bits per heavy atom. The number of amides is 3. The third kappa shape index (κ3) is 3.78. The minimum Gasteiger partial charge on any atom is -0.340 e. The summed E-state index contributed by atoms with van der Waals surface area (Å²) < 4.78 is 39.8. The fraction of sp³-hybridized carbons (Fsp3) is 0.300. The lowest BCUT2D eigenvalue weighted by atomic mass is 10.2. The summed E-state index contributed by atoms with van der Waals surface area (Å²) >= 11 is 0. The number of fused-ring (bicyclic) bond motifs is 1. The fourth-order valence-corrected chi connectivity index (χ4v) is 3.35. The summed E-state index contributed by atoms with van der Waals surface area (Å²) in [6.07, 6.45) is -3.41. The average Bonchev–Trinajstić information content (AvgIpc) is 3.31. The van der Waals surface area contributed by atoms with Crippen LogP contribution in [0.1, 0.15) is 23.0 Å². The van der Waals surface area contributed by atoms with Gasteiger partial charge in [-0.2, -0.15) is 18.3 Å². The van der Waals surface area contributed by atoms with Crippen LogP contribution in [0.2, 0.25) is 0 Å². The predicted octanol–water partition coefficient (Wildman–Crippen LogP) is 3.16. The molecule has 3 aromatic rings. The Bertz CT molecular complexity index is 1150. The lowest BCUT2D eigenvalue weighted by molar-refractivity contribution is -0.149. The Morgan fingerprint density at radius 3 is 2.52 bits per heavy atom. The van der Waals surface area contributed by atoms with Crippen molar-refractivity contribution in [3.05, 3.63) is 53.9 Å². The number of alkyl halides is 3. The van der Waals surface area contributed by atoms with E-state index in [1.807, 2.05) is 35.6 Å². The van der Waals surface area contributed by atoms with Gasteiger partial charge in [-0.25, -0.2) is 14.3 Å². The van der Waals surface area contributed by atoms with Crippen LogP contribution in [0.4, 0.5) is 29.5 Å². The number of aromatic nitrogens is 3. The van der Waals surface area contributed by atoms with Crippen molar-refractivity contribution < 1.29 is 22.8 Å². The van der Waals surface area contributed by atoms with Crippen LogP contribution in [0.15, 0.2) is 42.6 Å². The van der Waals surface area contributed by atoms with E-state index in [1.54, 1.807) is 17.9 Å². The van der Waals surface area contributed by atoms with E-state index in [0.29, 0.717) is 24.6 Å². The molecule has 1 fully saturated rings. The normalized spacial score (nSPS) is 15.6. The van der Waals surface area contributed by atoms with E-state index in [0.717, 1.165) is 12.6 Å². The second-order valence-electron chi connectivity index (χ2n) is 7.21. The van der Waals surface area contributed by atoms with Crippen LogP contribution in [0, 0.1) is 6.92 Å². The van der Waals surface area contributed by atoms with E-state index in [-0.39, 0.29) is 17.2 Å². The first kappa shape index (κ1) is 20.6. The minimum absolute atomic E-state index is 0.0767. The van der Waals surface area contributed by atoms with E-state index in [4.69, 9.17) is 0 Å². The molecule has 1 saturated heterocycles. The monoisotopic (exact) mass is 432 g/mol. The first-order valence-electron chi connectivity index (χ1n) is 9.54. The van der Waals surface area contributed by atoms with Crippen molar-refractivity contribution in [2.75, 3.05) is 22.9 Å². The van der Waals surface area contributed by atoms with Crippen molar-refractivity contribution in [1.82, 2.24) is 19.9 Å². The molecule has 162 valence electrons. The predicted molar refractivity (Wildman–Crippen MR) is 107 cm³/mol. The summed E-state index contributed by atoms with van der Waals surface area (Å²) in [5.74, 6) is -0.644. The van der Waals surface area contributed by atoms with Crippen LogP contribution in [0.25, 0.3) is 5.65 Å². The number of carbonyl (C=O) groups is 2. The number of nitrogens with zero attached hydrogens (tertiary/aromatic N) is 5. The second kappa shape index (κ2) is 7.56. The highest BCUT2D eigenvalue weighted by molar-refractivity contribution is 6.06. The lowest BCUT2D eigenvalue weighted by Gasteiger charge is -2.19. The van der Waals surface area contributed by atoms with Crippen molar-refractivity contribution >= 4 is 29.1 Å². The molecule has 1 N–H and O–H groups in total. The Balaban J connectivity index is 1.65. The largest absolute Gasteiger partial charge is 0.408 e. The molecule has 1 aromatic carbocycles. The molecule has 3 heterocycles. The van der Waals surface area contributed by atoms with E-state index >= 15 is 0 Å². The zero-order valence-electron chi connectivity index (χ0n) is 16.7. The number of hydrogen-bond donors (Lipinski definition) is 1. The van der Waals surface area contributed by atoms with E-state index < -0.39 is 18.1 Å². The highest BCUT2D eigenvalue weighted by Crippen LogP contribution is 2.26. The molecule has 1 atom stereocenters. The summed E-state index contributed by atoms with van der Waals surface area (Å²) in [5, 5.41) is 5.97. The molecule has 8 nitrogen and oxygen atoms in total. The summed E-state index contributed by atoms with van der Waals surface area (Å²) in [6.45, 7) is 3.39. The number of para-hydroxylation sites is 1. The van der Waals surface area contributed by atoms with Gasteiger partial charge in [0.15, 0.2) is 5.65 Å². The molecular formula is C20H19F3N6O2. The van der Waals surface area contributed by atoms with Gasteiger partial charge in [-0.1, -0.05) is 18.2 Å². The molecule has 0 aliphatic carbocycles. The van der Waals surface area contributed by atoms with Gasteiger partial charge in [-0.15, -0.1) is 0 Å². The van der Waals surface area contributed by atoms with Gasteiger partial charge >= 0.3 is 12.2 Å². The van der Waals surface area contributed by atoms with E-state index in [2.05, 4.69) is 10.1 Å². The number of carbonyl (C=O) groups excluding carboxylic acids is 2. The Labute approximate surface area is 175 Å². The van der Waals surface area contributed by atoms with Crippen LogP contribution >= 0.6 is 0 Å². The third-order valence-electron chi connectivity index (χ3n) is 5.07. The van der Waals surface area contributed by atoms with Gasteiger partial charge in [0.1, 0.15) is 17.4 Å². The smallest absolute Gasteiger partial charge is 0.340 e. The maximum Gasteiger partial charge on any atom is 0.408 e. The Morgan fingerprint density at radius 2 is 1.84 bits per heavy atom. The van der Waals surface area contributed by atoms with Crippen LogP contribution < -0.4 is 15.1 Å². The molecule has 2 aromatic heterocycles. The van der Waals surface area contributed by atoms with Crippen molar-refractivity contribution in [2.45, 2.75) is 26.1 Å². The number of benzene rings is 1. The van der Waals surface area contributed by atoms with Crippen molar-refractivity contribution in [2.24, 2.45) is 0 Å². The van der Waals surface area contributed by atoms with Gasteiger partial charge in [-0.3, -0.25) is 14.6 Å². The Hall–Kier alpha value is -3.63. The molecule has 1 aliphatic rings. The van der Waals surface area contributed by atoms with Gasteiger partial charge in [0.25, 0.3) is 5.91 Å². The average molecular weight is 432 g/mol. The van der Waals surface area contributed by atoms with E-state index in [9.17, 15) is 22.8 Å². The SMILES string of the molecule is Cc1cc(N2CCN(c3ccccc3)C2=O)nc2c(C(=O)N[C@H](C)C(F)(F)F)cnn12. The van der Waals surface area contributed by atoms with Gasteiger partial charge in [0, 0.05) is 30.5 Å². The first-order chi connectivity index (χ1) is 14.7. The number of nitrogens with one attached hydrogen (secondary N) is 1. The van der Waals surface area contributed by atoms with Crippen molar-refractivity contribution in [1.29, 1.82) is 0 Å². The van der Waals surface area contributed by atoms with Crippen LogP contribution in [0.3, 0.4) is 0 Å².